The van der Waals surface area contributed by atoms with E-state index in [0.29, 0.717) is 18.7 Å². The third-order valence-electron chi connectivity index (χ3n) is 1.90. The minimum atomic E-state index is -0.403. The van der Waals surface area contributed by atoms with Gasteiger partial charge >= 0.3 is 0 Å². The zero-order chi connectivity index (χ0) is 12.0. The van der Waals surface area contributed by atoms with E-state index in [4.69, 9.17) is 0 Å². The van der Waals surface area contributed by atoms with E-state index < -0.39 is 4.92 Å². The second-order valence-corrected chi connectivity index (χ2v) is 3.94. The quantitative estimate of drug-likeness (QED) is 0.399. The first-order valence-electron chi connectivity index (χ1n) is 4.72. The molecule has 0 atom stereocenters. The monoisotopic (exact) mass is 282 g/mol. The van der Waals surface area contributed by atoms with E-state index in [1.165, 1.54) is 6.07 Å². The van der Waals surface area contributed by atoms with E-state index >= 15 is 0 Å². The van der Waals surface area contributed by atoms with Crippen LogP contribution in [0.2, 0.25) is 0 Å². The number of rotatable bonds is 4. The minimum Gasteiger partial charge on any atom is -0.379 e. The van der Waals surface area contributed by atoms with Crippen molar-refractivity contribution in [3.8, 4) is 11.8 Å². The van der Waals surface area contributed by atoms with Crippen molar-refractivity contribution in [3.63, 3.8) is 0 Å². The van der Waals surface area contributed by atoms with Crippen molar-refractivity contribution in [2.24, 2.45) is 0 Å². The molecule has 0 radical (unpaired) electrons. The second kappa shape index (κ2) is 6.13. The molecular weight excluding hydrogens is 272 g/mol. The number of hydrogen-bond acceptors (Lipinski definition) is 3. The number of nitrogens with zero attached hydrogens (tertiary/aromatic N) is 1. The van der Waals surface area contributed by atoms with Crippen molar-refractivity contribution in [2.45, 2.75) is 13.3 Å². The fourth-order valence-electron chi connectivity index (χ4n) is 1.19. The molecule has 0 spiro atoms. The number of hydrogen-bond donors (Lipinski definition) is 1. The van der Waals surface area contributed by atoms with Crippen LogP contribution < -0.4 is 5.32 Å². The molecule has 0 bridgehead atoms. The largest absolute Gasteiger partial charge is 0.379 e. The van der Waals surface area contributed by atoms with Gasteiger partial charge in [0.05, 0.1) is 4.92 Å². The summed E-state index contributed by atoms with van der Waals surface area (Å²) in [6.07, 6.45) is 0.667. The summed E-state index contributed by atoms with van der Waals surface area (Å²) in [6, 6.07) is 4.81. The lowest BCUT2D eigenvalue weighted by atomic mass is 10.2. The molecular formula is C11H11BrN2O2. The van der Waals surface area contributed by atoms with Gasteiger partial charge < -0.3 is 5.32 Å². The summed E-state index contributed by atoms with van der Waals surface area (Å²) >= 11 is 3.28. The molecule has 1 N–H and O–H groups in total. The summed E-state index contributed by atoms with van der Waals surface area (Å²) in [5, 5.41) is 13.7. The Kier molecular flexibility index (Phi) is 4.80. The number of nitro groups is 1. The van der Waals surface area contributed by atoms with Crippen LogP contribution in [0.15, 0.2) is 22.7 Å². The lowest BCUT2D eigenvalue weighted by Crippen LogP contribution is -2.03. The maximum atomic E-state index is 10.7. The van der Waals surface area contributed by atoms with Crippen molar-refractivity contribution in [1.29, 1.82) is 0 Å². The van der Waals surface area contributed by atoms with Crippen molar-refractivity contribution >= 4 is 27.3 Å². The highest BCUT2D eigenvalue weighted by atomic mass is 79.9. The number of nitrogens with one attached hydrogen (secondary N) is 1. The molecule has 0 fully saturated rings. The van der Waals surface area contributed by atoms with Crippen LogP contribution in [0.3, 0.4) is 0 Å². The smallest absolute Gasteiger partial charge is 0.292 e. The molecule has 0 aliphatic heterocycles. The van der Waals surface area contributed by atoms with E-state index in [1.807, 2.05) is 0 Å². The molecule has 0 aliphatic rings. The first kappa shape index (κ1) is 12.5. The van der Waals surface area contributed by atoms with Gasteiger partial charge in [0.25, 0.3) is 5.69 Å². The molecule has 16 heavy (non-hydrogen) atoms. The molecule has 0 aliphatic carbocycles. The summed E-state index contributed by atoms with van der Waals surface area (Å²) in [5.74, 6) is 5.66. The Morgan fingerprint density at radius 3 is 2.94 bits per heavy atom. The van der Waals surface area contributed by atoms with Crippen LogP contribution in [-0.2, 0) is 0 Å². The zero-order valence-corrected chi connectivity index (χ0v) is 10.4. The number of benzene rings is 1. The van der Waals surface area contributed by atoms with E-state index in [9.17, 15) is 10.1 Å². The summed E-state index contributed by atoms with van der Waals surface area (Å²) in [4.78, 5) is 10.3. The summed E-state index contributed by atoms with van der Waals surface area (Å²) in [6.45, 7) is 2.36. The van der Waals surface area contributed by atoms with Crippen LogP contribution in [0.1, 0.15) is 13.3 Å². The Morgan fingerprint density at radius 2 is 2.31 bits per heavy atom. The molecule has 0 unspecified atom stereocenters. The predicted octanol–water partition coefficient (Wildman–Crippen LogP) is 3.18. The molecule has 1 aromatic carbocycles. The fraction of sp³-hybridized carbons (Fsp3) is 0.273. The maximum Gasteiger partial charge on any atom is 0.292 e. The third kappa shape index (κ3) is 3.55. The molecule has 1 rings (SSSR count). The van der Waals surface area contributed by atoms with Crippen LogP contribution in [0.25, 0.3) is 0 Å². The molecule has 0 amide bonds. The van der Waals surface area contributed by atoms with Crippen molar-refractivity contribution < 1.29 is 4.92 Å². The van der Waals surface area contributed by atoms with Gasteiger partial charge in [-0.15, -0.1) is 11.8 Å². The predicted molar refractivity (Wildman–Crippen MR) is 67.4 cm³/mol. The van der Waals surface area contributed by atoms with Gasteiger partial charge in [-0.3, -0.25) is 10.1 Å². The average Bonchev–Trinajstić information content (AvgIpc) is 2.24. The third-order valence-corrected chi connectivity index (χ3v) is 2.39. The van der Waals surface area contributed by atoms with Crippen LogP contribution in [-0.4, -0.2) is 11.5 Å². The Labute approximate surface area is 102 Å². The molecule has 0 saturated heterocycles. The number of anilines is 1. The van der Waals surface area contributed by atoms with Gasteiger partial charge in [0, 0.05) is 23.5 Å². The maximum absolute atomic E-state index is 10.7. The molecule has 84 valence electrons. The van der Waals surface area contributed by atoms with Crippen LogP contribution in [0.4, 0.5) is 11.4 Å². The standard InChI is InChI=1S/C11H11BrN2O2/c1-2-3-4-7-13-10-8-9(12)5-6-11(10)14(15)16/h5-6,8,13H,4,7H2,1H3. The summed E-state index contributed by atoms with van der Waals surface area (Å²) < 4.78 is 0.808. The fourth-order valence-corrected chi connectivity index (χ4v) is 1.55. The minimum absolute atomic E-state index is 0.0765. The van der Waals surface area contributed by atoms with Gasteiger partial charge in [-0.05, 0) is 19.1 Å². The Hall–Kier alpha value is -1.54. The van der Waals surface area contributed by atoms with Crippen molar-refractivity contribution in [1.82, 2.24) is 0 Å². The van der Waals surface area contributed by atoms with Gasteiger partial charge in [0.1, 0.15) is 5.69 Å². The molecule has 4 nitrogen and oxygen atoms in total. The average molecular weight is 283 g/mol. The molecule has 0 aromatic heterocycles. The van der Waals surface area contributed by atoms with Crippen LogP contribution >= 0.6 is 15.9 Å². The highest BCUT2D eigenvalue weighted by Crippen LogP contribution is 2.27. The molecule has 0 heterocycles. The van der Waals surface area contributed by atoms with Crippen molar-refractivity contribution in [2.75, 3.05) is 11.9 Å². The SMILES string of the molecule is CC#CCCNc1cc(Br)ccc1[N+](=O)[O-]. The molecule has 5 heteroatoms. The van der Waals surface area contributed by atoms with Gasteiger partial charge in [0.2, 0.25) is 0 Å². The molecule has 1 aromatic rings. The van der Waals surface area contributed by atoms with Gasteiger partial charge in [0.15, 0.2) is 0 Å². The van der Waals surface area contributed by atoms with E-state index in [2.05, 4.69) is 33.1 Å². The zero-order valence-electron chi connectivity index (χ0n) is 8.79. The summed E-state index contributed by atoms with van der Waals surface area (Å²) in [5.41, 5.74) is 0.588. The van der Waals surface area contributed by atoms with E-state index in [0.717, 1.165) is 4.47 Å². The van der Waals surface area contributed by atoms with Crippen LogP contribution in [0.5, 0.6) is 0 Å². The van der Waals surface area contributed by atoms with Gasteiger partial charge in [-0.25, -0.2) is 0 Å². The highest BCUT2D eigenvalue weighted by molar-refractivity contribution is 9.10. The Bertz CT molecular complexity index is 449. The van der Waals surface area contributed by atoms with Crippen LogP contribution in [0, 0.1) is 22.0 Å². The first-order chi connectivity index (χ1) is 7.65. The lowest BCUT2D eigenvalue weighted by molar-refractivity contribution is -0.384. The van der Waals surface area contributed by atoms with Crippen molar-refractivity contribution in [3.05, 3.63) is 32.8 Å². The normalized spacial score (nSPS) is 9.12. The number of halogens is 1. The topological polar surface area (TPSA) is 55.2 Å². The number of nitro benzene ring substituents is 1. The lowest BCUT2D eigenvalue weighted by Gasteiger charge is -2.05. The first-order valence-corrected chi connectivity index (χ1v) is 5.52. The Balaban J connectivity index is 2.78. The van der Waals surface area contributed by atoms with Gasteiger partial charge in [-0.2, -0.15) is 0 Å². The van der Waals surface area contributed by atoms with E-state index in [-0.39, 0.29) is 5.69 Å². The highest BCUT2D eigenvalue weighted by Gasteiger charge is 2.12. The van der Waals surface area contributed by atoms with E-state index in [1.54, 1.807) is 19.1 Å². The summed E-state index contributed by atoms with van der Waals surface area (Å²) in [7, 11) is 0. The second-order valence-electron chi connectivity index (χ2n) is 3.02. The molecule has 0 saturated carbocycles. The van der Waals surface area contributed by atoms with Gasteiger partial charge in [-0.1, -0.05) is 15.9 Å². The Morgan fingerprint density at radius 1 is 1.56 bits per heavy atom.